The summed E-state index contributed by atoms with van der Waals surface area (Å²) in [6.07, 6.45) is 1.82. The van der Waals surface area contributed by atoms with Crippen molar-refractivity contribution in [1.82, 2.24) is 5.32 Å². The summed E-state index contributed by atoms with van der Waals surface area (Å²) in [7, 11) is 0. The van der Waals surface area contributed by atoms with Crippen LogP contribution in [0.5, 0.6) is 11.5 Å². The van der Waals surface area contributed by atoms with Crippen LogP contribution >= 0.6 is 11.8 Å². The Morgan fingerprint density at radius 1 is 0.955 bits per heavy atom. The van der Waals surface area contributed by atoms with Crippen molar-refractivity contribution in [2.75, 3.05) is 0 Å². The quantitative estimate of drug-likeness (QED) is 0.791. The minimum atomic E-state index is -0.192. The number of aromatic hydroxyl groups is 2. The van der Waals surface area contributed by atoms with E-state index in [2.05, 4.69) is 10.3 Å². The van der Waals surface area contributed by atoms with Crippen molar-refractivity contribution in [3.05, 3.63) is 59.0 Å². The molecule has 2 aromatic rings. The van der Waals surface area contributed by atoms with E-state index >= 15 is 0 Å². The molecule has 1 aliphatic rings. The van der Waals surface area contributed by atoms with Gasteiger partial charge in [-0.3, -0.25) is 4.79 Å². The summed E-state index contributed by atoms with van der Waals surface area (Å²) in [5.41, 5.74) is 1.49. The molecule has 1 amide bonds. The van der Waals surface area contributed by atoms with Gasteiger partial charge >= 0.3 is 0 Å². The Morgan fingerprint density at radius 2 is 1.55 bits per heavy atom. The van der Waals surface area contributed by atoms with Crippen molar-refractivity contribution >= 4 is 34.6 Å². The summed E-state index contributed by atoms with van der Waals surface area (Å²) < 4.78 is 0. The van der Waals surface area contributed by atoms with Gasteiger partial charge in [-0.2, -0.15) is 0 Å². The zero-order valence-corrected chi connectivity index (χ0v) is 12.2. The molecular formula is C16H12N2O3S. The molecule has 3 rings (SSSR count). The number of carbonyl (C=O) groups is 1. The predicted molar refractivity (Wildman–Crippen MR) is 87.4 cm³/mol. The predicted octanol–water partition coefficient (Wildman–Crippen LogP) is 3.63. The Balaban J connectivity index is 1.93. The first-order valence-electron chi connectivity index (χ1n) is 6.48. The van der Waals surface area contributed by atoms with E-state index < -0.39 is 0 Å². The summed E-state index contributed by atoms with van der Waals surface area (Å²) >= 11 is 1.06. The molecule has 0 bridgehead atoms. The van der Waals surface area contributed by atoms with Gasteiger partial charge in [0.2, 0.25) is 0 Å². The molecule has 0 atom stereocenters. The summed E-state index contributed by atoms with van der Waals surface area (Å²) in [6.45, 7) is 0. The second-order valence-electron chi connectivity index (χ2n) is 4.59. The number of carbonyl (C=O) groups excluding carboxylic acids is 1. The van der Waals surface area contributed by atoms with Crippen LogP contribution in [0.2, 0.25) is 0 Å². The number of benzene rings is 2. The molecule has 0 unspecified atom stereocenters. The van der Waals surface area contributed by atoms with Crippen molar-refractivity contribution in [3.63, 3.8) is 0 Å². The Hall–Kier alpha value is -2.73. The van der Waals surface area contributed by atoms with E-state index in [1.807, 2.05) is 6.08 Å². The van der Waals surface area contributed by atoms with E-state index in [1.54, 1.807) is 36.4 Å². The summed E-state index contributed by atoms with van der Waals surface area (Å²) in [4.78, 5) is 16.7. The first kappa shape index (κ1) is 14.2. The molecule has 5 nitrogen and oxygen atoms in total. The SMILES string of the molecule is O=C1NC(=Nc2ccc(O)cc2)/C(=C/c2ccc(O)cc2)S1. The average molecular weight is 312 g/mol. The fourth-order valence-electron chi connectivity index (χ4n) is 1.89. The first-order valence-corrected chi connectivity index (χ1v) is 7.29. The number of nitrogens with one attached hydrogen (secondary N) is 1. The molecule has 2 aromatic carbocycles. The van der Waals surface area contributed by atoms with Crippen molar-refractivity contribution in [3.8, 4) is 11.5 Å². The molecule has 1 saturated heterocycles. The number of hydrogen-bond acceptors (Lipinski definition) is 5. The second kappa shape index (κ2) is 5.95. The summed E-state index contributed by atoms with van der Waals surface area (Å²) in [5, 5.41) is 21.1. The maximum atomic E-state index is 11.6. The Kier molecular flexibility index (Phi) is 3.84. The molecule has 0 spiro atoms. The Bertz CT molecular complexity index is 699. The van der Waals surface area contributed by atoms with Crippen LogP contribution in [0.25, 0.3) is 6.08 Å². The maximum Gasteiger partial charge on any atom is 0.289 e. The lowest BCUT2D eigenvalue weighted by molar-refractivity contribution is 0.265. The van der Waals surface area contributed by atoms with Crippen LogP contribution in [0.15, 0.2) is 58.4 Å². The first-order chi connectivity index (χ1) is 10.6. The molecule has 22 heavy (non-hydrogen) atoms. The number of rotatable bonds is 2. The number of amidine groups is 1. The molecule has 1 aliphatic heterocycles. The molecule has 1 fully saturated rings. The Morgan fingerprint density at radius 3 is 2.18 bits per heavy atom. The monoisotopic (exact) mass is 312 g/mol. The van der Waals surface area contributed by atoms with Crippen LogP contribution in [0.1, 0.15) is 5.56 Å². The van der Waals surface area contributed by atoms with Crippen LogP contribution in [-0.2, 0) is 0 Å². The highest BCUT2D eigenvalue weighted by molar-refractivity contribution is 8.18. The smallest absolute Gasteiger partial charge is 0.289 e. The zero-order valence-electron chi connectivity index (χ0n) is 11.4. The molecular weight excluding hydrogens is 300 g/mol. The van der Waals surface area contributed by atoms with Gasteiger partial charge in [-0.05, 0) is 59.8 Å². The normalized spacial score (nSPS) is 17.9. The third-order valence-corrected chi connectivity index (χ3v) is 3.76. The van der Waals surface area contributed by atoms with Gasteiger partial charge in [0.1, 0.15) is 17.3 Å². The van der Waals surface area contributed by atoms with Gasteiger partial charge in [-0.25, -0.2) is 4.99 Å². The lowest BCUT2D eigenvalue weighted by atomic mass is 10.2. The zero-order chi connectivity index (χ0) is 15.5. The molecule has 0 aromatic heterocycles. The highest BCUT2D eigenvalue weighted by Gasteiger charge is 2.23. The van der Waals surface area contributed by atoms with Crippen LogP contribution < -0.4 is 5.32 Å². The molecule has 0 aliphatic carbocycles. The van der Waals surface area contributed by atoms with E-state index in [0.29, 0.717) is 16.4 Å². The van der Waals surface area contributed by atoms with Gasteiger partial charge in [-0.1, -0.05) is 12.1 Å². The van der Waals surface area contributed by atoms with Gasteiger partial charge in [0.25, 0.3) is 5.24 Å². The van der Waals surface area contributed by atoms with Crippen LogP contribution in [0.3, 0.4) is 0 Å². The van der Waals surface area contributed by atoms with Gasteiger partial charge in [0.05, 0.1) is 10.6 Å². The van der Waals surface area contributed by atoms with Crippen molar-refractivity contribution in [1.29, 1.82) is 0 Å². The number of amides is 1. The lowest BCUT2D eigenvalue weighted by Gasteiger charge is -2.00. The van der Waals surface area contributed by atoms with E-state index in [1.165, 1.54) is 12.1 Å². The number of thioether (sulfide) groups is 1. The molecule has 6 heteroatoms. The number of phenolic OH excluding ortho intramolecular Hbond substituents is 2. The number of nitrogens with zero attached hydrogens (tertiary/aromatic N) is 1. The summed E-state index contributed by atoms with van der Waals surface area (Å²) in [5.74, 6) is 0.816. The minimum absolute atomic E-state index is 0.161. The van der Waals surface area contributed by atoms with E-state index in [4.69, 9.17) is 0 Å². The fourth-order valence-corrected chi connectivity index (χ4v) is 2.63. The number of aliphatic imine (C=N–C) groups is 1. The molecule has 0 radical (unpaired) electrons. The van der Waals surface area contributed by atoms with E-state index in [-0.39, 0.29) is 16.7 Å². The second-order valence-corrected chi connectivity index (χ2v) is 5.61. The average Bonchev–Trinajstić information content (AvgIpc) is 2.83. The van der Waals surface area contributed by atoms with Gasteiger partial charge in [0.15, 0.2) is 0 Å². The van der Waals surface area contributed by atoms with Crippen LogP contribution in [0, 0.1) is 0 Å². The van der Waals surface area contributed by atoms with Crippen molar-refractivity contribution < 1.29 is 15.0 Å². The van der Waals surface area contributed by atoms with Gasteiger partial charge in [-0.15, -0.1) is 0 Å². The standard InChI is InChI=1S/C16H12N2O3S/c19-12-5-1-10(2-6-12)9-14-15(18-16(21)22-14)17-11-3-7-13(20)8-4-11/h1-9,19-20H,(H,17,18,21)/b14-9-. The lowest BCUT2D eigenvalue weighted by Crippen LogP contribution is -2.18. The molecule has 3 N–H and O–H groups in total. The highest BCUT2D eigenvalue weighted by Crippen LogP contribution is 2.29. The molecule has 110 valence electrons. The minimum Gasteiger partial charge on any atom is -0.508 e. The van der Waals surface area contributed by atoms with E-state index in [0.717, 1.165) is 17.3 Å². The van der Waals surface area contributed by atoms with Crippen molar-refractivity contribution in [2.24, 2.45) is 4.99 Å². The van der Waals surface area contributed by atoms with Crippen molar-refractivity contribution in [2.45, 2.75) is 0 Å². The van der Waals surface area contributed by atoms with Crippen LogP contribution in [0.4, 0.5) is 10.5 Å². The highest BCUT2D eigenvalue weighted by atomic mass is 32.2. The van der Waals surface area contributed by atoms with E-state index in [9.17, 15) is 15.0 Å². The van der Waals surface area contributed by atoms with Gasteiger partial charge < -0.3 is 15.5 Å². The topological polar surface area (TPSA) is 81.9 Å². The fraction of sp³-hybridized carbons (Fsp3) is 0. The number of hydrogen-bond donors (Lipinski definition) is 3. The molecule has 1 heterocycles. The largest absolute Gasteiger partial charge is 0.508 e. The summed E-state index contributed by atoms with van der Waals surface area (Å²) in [6, 6.07) is 13.1. The molecule has 0 saturated carbocycles. The van der Waals surface area contributed by atoms with Gasteiger partial charge in [0, 0.05) is 0 Å². The maximum absolute atomic E-state index is 11.6. The third kappa shape index (κ3) is 3.29. The van der Waals surface area contributed by atoms with Crippen LogP contribution in [-0.4, -0.2) is 21.3 Å². The number of phenols is 2. The Labute approximate surface area is 131 Å². The third-order valence-electron chi connectivity index (χ3n) is 2.94.